The summed E-state index contributed by atoms with van der Waals surface area (Å²) in [5.41, 5.74) is 2.47. The van der Waals surface area contributed by atoms with Crippen LogP contribution in [0.5, 0.6) is 0 Å². The van der Waals surface area contributed by atoms with E-state index < -0.39 is 0 Å². The number of morpholine rings is 1. The molecule has 5 heteroatoms. The van der Waals surface area contributed by atoms with Gasteiger partial charge in [0.25, 0.3) is 0 Å². The molecule has 2 fully saturated rings. The Morgan fingerprint density at radius 2 is 2.08 bits per heavy atom. The molecule has 2 N–H and O–H groups in total. The molecule has 0 unspecified atom stereocenters. The van der Waals surface area contributed by atoms with E-state index in [9.17, 15) is 4.79 Å². The summed E-state index contributed by atoms with van der Waals surface area (Å²) in [5, 5.41) is 6.45. The first-order chi connectivity index (χ1) is 11.6. The van der Waals surface area contributed by atoms with Gasteiger partial charge in [0.2, 0.25) is 5.91 Å². The Hall–Kier alpha value is -1.43. The highest BCUT2D eigenvalue weighted by molar-refractivity contribution is 5.78. The van der Waals surface area contributed by atoms with Gasteiger partial charge in [0.05, 0.1) is 25.3 Å². The fourth-order valence-corrected chi connectivity index (χ4v) is 3.24. The molecule has 1 aliphatic heterocycles. The molecule has 3 rings (SSSR count). The average Bonchev–Trinajstić information content (AvgIpc) is 3.38. The zero-order valence-electron chi connectivity index (χ0n) is 14.8. The van der Waals surface area contributed by atoms with E-state index in [1.807, 2.05) is 0 Å². The van der Waals surface area contributed by atoms with Gasteiger partial charge in [0, 0.05) is 19.6 Å². The summed E-state index contributed by atoms with van der Waals surface area (Å²) in [6.45, 7) is 5.82. The monoisotopic (exact) mass is 331 g/mol. The van der Waals surface area contributed by atoms with Crippen LogP contribution in [0.4, 0.5) is 0 Å². The molecule has 0 bridgehead atoms. The maximum Gasteiger partial charge on any atom is 0.234 e. The molecule has 1 saturated heterocycles. The summed E-state index contributed by atoms with van der Waals surface area (Å²) in [7, 11) is 2.10. The lowest BCUT2D eigenvalue weighted by Gasteiger charge is -2.30. The maximum absolute atomic E-state index is 12.3. The number of nitrogens with one attached hydrogen (secondary N) is 2. The largest absolute Gasteiger partial charge is 0.374 e. The highest BCUT2D eigenvalue weighted by atomic mass is 16.5. The SMILES string of the molecule is Cc1ccc([C@H](NC(=O)CNC[C@@H]2CN(C)CCO2)C2CC2)cc1. The lowest BCUT2D eigenvalue weighted by atomic mass is 10.0. The summed E-state index contributed by atoms with van der Waals surface area (Å²) >= 11 is 0. The number of rotatable bonds is 7. The Kier molecular flexibility index (Phi) is 5.87. The van der Waals surface area contributed by atoms with Gasteiger partial charge in [-0.1, -0.05) is 29.8 Å². The molecule has 5 nitrogen and oxygen atoms in total. The zero-order valence-corrected chi connectivity index (χ0v) is 14.8. The molecular formula is C19H29N3O2. The minimum Gasteiger partial charge on any atom is -0.374 e. The Morgan fingerprint density at radius 3 is 2.75 bits per heavy atom. The van der Waals surface area contributed by atoms with Crippen LogP contribution in [0.15, 0.2) is 24.3 Å². The van der Waals surface area contributed by atoms with Gasteiger partial charge in [-0.25, -0.2) is 0 Å². The molecule has 1 amide bonds. The van der Waals surface area contributed by atoms with Crippen molar-refractivity contribution in [2.24, 2.45) is 5.92 Å². The van der Waals surface area contributed by atoms with E-state index in [1.165, 1.54) is 24.0 Å². The Balaban J connectivity index is 1.45. The summed E-state index contributed by atoms with van der Waals surface area (Å²) in [4.78, 5) is 14.6. The second-order valence-corrected chi connectivity index (χ2v) is 7.18. The standard InChI is InChI=1S/C19H29N3O2/c1-14-3-5-15(6-4-14)19(16-7-8-16)21-18(23)12-20-11-17-13-22(2)9-10-24-17/h3-6,16-17,19-20H,7-13H2,1-2H3,(H,21,23)/t17-,19+/m1/s1. The Labute approximate surface area is 144 Å². The highest BCUT2D eigenvalue weighted by Crippen LogP contribution is 2.40. The number of amides is 1. The number of carbonyl (C=O) groups excluding carboxylic acids is 1. The molecule has 1 aliphatic carbocycles. The van der Waals surface area contributed by atoms with E-state index in [2.05, 4.69) is 53.8 Å². The smallest absolute Gasteiger partial charge is 0.234 e. The Bertz CT molecular complexity index is 542. The zero-order chi connectivity index (χ0) is 16.9. The predicted molar refractivity (Wildman–Crippen MR) is 94.9 cm³/mol. The first kappa shape index (κ1) is 17.4. The van der Waals surface area contributed by atoms with E-state index in [4.69, 9.17) is 4.74 Å². The number of hydrogen-bond donors (Lipinski definition) is 2. The molecule has 0 aromatic heterocycles. The van der Waals surface area contributed by atoms with Crippen molar-refractivity contribution in [1.29, 1.82) is 0 Å². The first-order valence-electron chi connectivity index (χ1n) is 8.98. The number of benzene rings is 1. The van der Waals surface area contributed by atoms with Crippen molar-refractivity contribution in [3.63, 3.8) is 0 Å². The molecule has 24 heavy (non-hydrogen) atoms. The molecule has 2 atom stereocenters. The van der Waals surface area contributed by atoms with E-state index >= 15 is 0 Å². The van der Waals surface area contributed by atoms with Gasteiger partial charge in [-0.05, 0) is 38.3 Å². The van der Waals surface area contributed by atoms with Crippen LogP contribution >= 0.6 is 0 Å². The van der Waals surface area contributed by atoms with Crippen molar-refractivity contribution < 1.29 is 9.53 Å². The van der Waals surface area contributed by atoms with E-state index in [1.54, 1.807) is 0 Å². The first-order valence-corrected chi connectivity index (χ1v) is 8.98. The van der Waals surface area contributed by atoms with Crippen molar-refractivity contribution >= 4 is 5.91 Å². The third-order valence-corrected chi connectivity index (χ3v) is 4.85. The summed E-state index contributed by atoms with van der Waals surface area (Å²) in [6.07, 6.45) is 2.58. The molecule has 1 aromatic rings. The van der Waals surface area contributed by atoms with E-state index in [0.29, 0.717) is 12.5 Å². The molecule has 0 spiro atoms. The van der Waals surface area contributed by atoms with Crippen LogP contribution in [0, 0.1) is 12.8 Å². The van der Waals surface area contributed by atoms with Gasteiger partial charge < -0.3 is 20.3 Å². The quantitative estimate of drug-likeness (QED) is 0.795. The third kappa shape index (κ3) is 5.03. The van der Waals surface area contributed by atoms with Gasteiger partial charge in [0.1, 0.15) is 0 Å². The van der Waals surface area contributed by atoms with Gasteiger partial charge in [0.15, 0.2) is 0 Å². The fourth-order valence-electron chi connectivity index (χ4n) is 3.24. The molecule has 1 saturated carbocycles. The lowest BCUT2D eigenvalue weighted by Crippen LogP contribution is -2.46. The summed E-state index contributed by atoms with van der Waals surface area (Å²) in [5.74, 6) is 0.656. The number of carbonyl (C=O) groups is 1. The normalized spacial score (nSPS) is 23.0. The van der Waals surface area contributed by atoms with Crippen LogP contribution in [-0.2, 0) is 9.53 Å². The summed E-state index contributed by atoms with van der Waals surface area (Å²) < 4.78 is 5.70. The third-order valence-electron chi connectivity index (χ3n) is 4.85. The second-order valence-electron chi connectivity index (χ2n) is 7.18. The van der Waals surface area contributed by atoms with Gasteiger partial charge in [-0.15, -0.1) is 0 Å². The molecular weight excluding hydrogens is 302 g/mol. The number of nitrogens with zero attached hydrogens (tertiary/aromatic N) is 1. The van der Waals surface area contributed by atoms with Crippen molar-refractivity contribution in [3.8, 4) is 0 Å². The van der Waals surface area contributed by atoms with Crippen LogP contribution in [0.25, 0.3) is 0 Å². The predicted octanol–water partition coefficient (Wildman–Crippen LogP) is 1.48. The number of likely N-dealkylation sites (N-methyl/N-ethyl adjacent to an activating group) is 1. The van der Waals surface area contributed by atoms with Crippen molar-refractivity contribution in [2.75, 3.05) is 39.8 Å². The molecule has 1 aromatic carbocycles. The van der Waals surface area contributed by atoms with Crippen molar-refractivity contribution in [1.82, 2.24) is 15.5 Å². The van der Waals surface area contributed by atoms with Crippen LogP contribution in [0.1, 0.15) is 30.0 Å². The van der Waals surface area contributed by atoms with Crippen LogP contribution in [0.3, 0.4) is 0 Å². The van der Waals surface area contributed by atoms with Gasteiger partial charge in [-0.3, -0.25) is 4.79 Å². The lowest BCUT2D eigenvalue weighted by molar-refractivity contribution is -0.121. The van der Waals surface area contributed by atoms with E-state index in [0.717, 1.165) is 26.2 Å². The van der Waals surface area contributed by atoms with Crippen LogP contribution < -0.4 is 10.6 Å². The highest BCUT2D eigenvalue weighted by Gasteiger charge is 2.33. The van der Waals surface area contributed by atoms with Crippen molar-refractivity contribution in [3.05, 3.63) is 35.4 Å². The minimum absolute atomic E-state index is 0.0663. The topological polar surface area (TPSA) is 53.6 Å². The average molecular weight is 331 g/mol. The summed E-state index contributed by atoms with van der Waals surface area (Å²) in [6, 6.07) is 8.66. The molecule has 1 heterocycles. The number of ether oxygens (including phenoxy) is 1. The fraction of sp³-hybridized carbons (Fsp3) is 0.632. The Morgan fingerprint density at radius 1 is 1.33 bits per heavy atom. The van der Waals surface area contributed by atoms with Gasteiger partial charge in [-0.2, -0.15) is 0 Å². The maximum atomic E-state index is 12.3. The van der Waals surface area contributed by atoms with Crippen molar-refractivity contribution in [2.45, 2.75) is 31.9 Å². The van der Waals surface area contributed by atoms with Gasteiger partial charge >= 0.3 is 0 Å². The number of aryl methyl sites for hydroxylation is 1. The minimum atomic E-state index is 0.0663. The van der Waals surface area contributed by atoms with Crippen LogP contribution in [0.2, 0.25) is 0 Å². The molecule has 2 aliphatic rings. The molecule has 0 radical (unpaired) electrons. The second kappa shape index (κ2) is 8.10. The number of hydrogen-bond acceptors (Lipinski definition) is 4. The van der Waals surface area contributed by atoms with Crippen LogP contribution in [-0.4, -0.2) is 56.7 Å². The molecule has 132 valence electrons. The van der Waals surface area contributed by atoms with E-state index in [-0.39, 0.29) is 18.1 Å².